The number of anilines is 2. The van der Waals surface area contributed by atoms with Crippen molar-refractivity contribution >= 4 is 29.0 Å². The van der Waals surface area contributed by atoms with Gasteiger partial charge >= 0.3 is 0 Å². The quantitative estimate of drug-likeness (QED) is 0.873. The molecule has 0 aliphatic carbocycles. The van der Waals surface area contributed by atoms with Gasteiger partial charge in [-0.05, 0) is 37.6 Å². The lowest BCUT2D eigenvalue weighted by Gasteiger charge is -2.09. The van der Waals surface area contributed by atoms with Gasteiger partial charge in [0, 0.05) is 12.2 Å². The minimum Gasteiger partial charge on any atom is -0.370 e. The summed E-state index contributed by atoms with van der Waals surface area (Å²) in [5.74, 6) is 0.333. The normalized spacial score (nSPS) is 10.2. The second-order valence-corrected chi connectivity index (χ2v) is 5.18. The number of halogens is 1. The van der Waals surface area contributed by atoms with Crippen molar-refractivity contribution in [2.75, 3.05) is 17.2 Å². The average Bonchev–Trinajstić information content (AvgIpc) is 2.48. The van der Waals surface area contributed by atoms with E-state index in [1.807, 2.05) is 31.2 Å². The van der Waals surface area contributed by atoms with Crippen molar-refractivity contribution in [3.63, 3.8) is 0 Å². The first kappa shape index (κ1) is 15.3. The van der Waals surface area contributed by atoms with Crippen LogP contribution in [-0.4, -0.2) is 17.4 Å². The number of benzene rings is 1. The summed E-state index contributed by atoms with van der Waals surface area (Å²) in [5, 5.41) is 6.27. The van der Waals surface area contributed by atoms with Crippen molar-refractivity contribution in [3.05, 3.63) is 52.7 Å². The minimum absolute atomic E-state index is 0.221. The summed E-state index contributed by atoms with van der Waals surface area (Å²) in [6, 6.07) is 11.0. The van der Waals surface area contributed by atoms with E-state index >= 15 is 0 Å². The highest BCUT2D eigenvalue weighted by molar-refractivity contribution is 6.34. The largest absolute Gasteiger partial charge is 0.370 e. The van der Waals surface area contributed by atoms with Crippen LogP contribution >= 0.6 is 11.6 Å². The van der Waals surface area contributed by atoms with Gasteiger partial charge < -0.3 is 10.6 Å². The smallest absolute Gasteiger partial charge is 0.275 e. The molecule has 0 unspecified atom stereocenters. The first-order valence-corrected chi connectivity index (χ1v) is 7.26. The molecule has 1 aromatic heterocycles. The fraction of sp³-hybridized carbons (Fsp3) is 0.250. The van der Waals surface area contributed by atoms with E-state index < -0.39 is 0 Å². The monoisotopic (exact) mass is 303 g/mol. The Kier molecular flexibility index (Phi) is 5.17. The number of carbonyl (C=O) groups excluding carboxylic acids is 1. The lowest BCUT2D eigenvalue weighted by atomic mass is 10.2. The average molecular weight is 304 g/mol. The summed E-state index contributed by atoms with van der Waals surface area (Å²) >= 11 is 6.07. The number of nitrogens with one attached hydrogen (secondary N) is 2. The lowest BCUT2D eigenvalue weighted by molar-refractivity contribution is 0.102. The molecule has 2 N–H and O–H groups in total. The summed E-state index contributed by atoms with van der Waals surface area (Å²) in [4.78, 5) is 16.5. The molecule has 4 nitrogen and oxygen atoms in total. The third-order valence-electron chi connectivity index (χ3n) is 2.93. The molecule has 5 heteroatoms. The van der Waals surface area contributed by atoms with Gasteiger partial charge in [0.05, 0.1) is 5.02 Å². The molecule has 0 spiro atoms. The maximum absolute atomic E-state index is 12.3. The van der Waals surface area contributed by atoms with E-state index in [4.69, 9.17) is 11.6 Å². The topological polar surface area (TPSA) is 54.0 Å². The molecule has 0 aliphatic rings. The van der Waals surface area contributed by atoms with Crippen molar-refractivity contribution in [2.45, 2.75) is 20.3 Å². The summed E-state index contributed by atoms with van der Waals surface area (Å²) in [6.45, 7) is 4.86. The van der Waals surface area contributed by atoms with Crippen molar-refractivity contribution in [1.29, 1.82) is 0 Å². The number of rotatable bonds is 5. The second-order valence-electron chi connectivity index (χ2n) is 4.77. The zero-order chi connectivity index (χ0) is 15.2. The van der Waals surface area contributed by atoms with Crippen molar-refractivity contribution in [2.24, 2.45) is 0 Å². The molecule has 0 atom stereocenters. The third-order valence-corrected chi connectivity index (χ3v) is 3.23. The number of hydrogen-bond acceptors (Lipinski definition) is 3. The van der Waals surface area contributed by atoms with Crippen LogP contribution in [0.5, 0.6) is 0 Å². The zero-order valence-electron chi connectivity index (χ0n) is 12.1. The summed E-state index contributed by atoms with van der Waals surface area (Å²) in [7, 11) is 0. The van der Waals surface area contributed by atoms with Gasteiger partial charge in [0.2, 0.25) is 0 Å². The summed E-state index contributed by atoms with van der Waals surface area (Å²) in [6.07, 6.45) is 0.981. The fourth-order valence-electron chi connectivity index (χ4n) is 1.78. The molecule has 0 aliphatic heterocycles. The van der Waals surface area contributed by atoms with Crippen LogP contribution in [-0.2, 0) is 0 Å². The Morgan fingerprint density at radius 3 is 2.57 bits per heavy atom. The summed E-state index contributed by atoms with van der Waals surface area (Å²) in [5.41, 5.74) is 2.07. The first-order chi connectivity index (χ1) is 10.1. The Bertz CT molecular complexity index is 626. The highest BCUT2D eigenvalue weighted by Crippen LogP contribution is 2.18. The summed E-state index contributed by atoms with van der Waals surface area (Å²) < 4.78 is 0. The molecule has 0 fully saturated rings. The molecular formula is C16H18ClN3O. The van der Waals surface area contributed by atoms with E-state index in [9.17, 15) is 4.79 Å². The molecule has 0 radical (unpaired) electrons. The van der Waals surface area contributed by atoms with Crippen molar-refractivity contribution < 1.29 is 4.79 Å². The predicted molar refractivity (Wildman–Crippen MR) is 87.2 cm³/mol. The molecule has 1 aromatic carbocycles. The van der Waals surface area contributed by atoms with E-state index in [1.54, 1.807) is 12.1 Å². The third kappa shape index (κ3) is 4.20. The number of amides is 1. The second kappa shape index (κ2) is 7.09. The van der Waals surface area contributed by atoms with Crippen LogP contribution in [0, 0.1) is 6.92 Å². The van der Waals surface area contributed by atoms with Gasteiger partial charge in [-0.2, -0.15) is 0 Å². The van der Waals surface area contributed by atoms with Crippen LogP contribution in [0.3, 0.4) is 0 Å². The van der Waals surface area contributed by atoms with E-state index in [2.05, 4.69) is 22.5 Å². The Balaban J connectivity index is 2.15. The zero-order valence-corrected chi connectivity index (χ0v) is 12.9. The van der Waals surface area contributed by atoms with E-state index in [-0.39, 0.29) is 11.6 Å². The van der Waals surface area contributed by atoms with Gasteiger partial charge in [-0.15, -0.1) is 0 Å². The highest BCUT2D eigenvalue weighted by Gasteiger charge is 2.13. The molecule has 21 heavy (non-hydrogen) atoms. The Morgan fingerprint density at radius 1 is 1.19 bits per heavy atom. The Hall–Kier alpha value is -2.07. The van der Waals surface area contributed by atoms with Gasteiger partial charge in [-0.1, -0.05) is 36.2 Å². The molecular weight excluding hydrogens is 286 g/mol. The minimum atomic E-state index is -0.316. The van der Waals surface area contributed by atoms with Crippen LogP contribution in [0.2, 0.25) is 5.02 Å². The molecule has 110 valence electrons. The highest BCUT2D eigenvalue weighted by atomic mass is 35.5. The van der Waals surface area contributed by atoms with Crippen LogP contribution in [0.15, 0.2) is 36.4 Å². The fourth-order valence-corrected chi connectivity index (χ4v) is 1.97. The first-order valence-electron chi connectivity index (χ1n) is 6.88. The molecule has 1 amide bonds. The van der Waals surface area contributed by atoms with Gasteiger partial charge in [0.15, 0.2) is 0 Å². The number of aromatic nitrogens is 1. The number of pyridine rings is 1. The van der Waals surface area contributed by atoms with Crippen LogP contribution < -0.4 is 10.6 Å². The molecule has 0 bridgehead atoms. The molecule has 0 saturated carbocycles. The molecule has 1 heterocycles. The number of nitrogens with zero attached hydrogens (tertiary/aromatic N) is 1. The van der Waals surface area contributed by atoms with Crippen LogP contribution in [0.1, 0.15) is 29.4 Å². The van der Waals surface area contributed by atoms with Gasteiger partial charge in [-0.3, -0.25) is 4.79 Å². The standard InChI is InChI=1S/C16H18ClN3O/c1-3-10-18-14-9-8-13(17)15(20-14)16(21)19-12-6-4-11(2)5-7-12/h4-9H,3,10H2,1-2H3,(H,18,20)(H,19,21). The van der Waals surface area contributed by atoms with Gasteiger partial charge in [0.25, 0.3) is 5.91 Å². The predicted octanol–water partition coefficient (Wildman–Crippen LogP) is 4.12. The van der Waals surface area contributed by atoms with Crippen molar-refractivity contribution in [3.8, 4) is 0 Å². The Labute approximate surface area is 129 Å². The molecule has 0 saturated heterocycles. The number of hydrogen-bond donors (Lipinski definition) is 2. The maximum Gasteiger partial charge on any atom is 0.275 e. The maximum atomic E-state index is 12.3. The molecule has 2 rings (SSSR count). The number of carbonyl (C=O) groups is 1. The van der Waals surface area contributed by atoms with E-state index in [0.29, 0.717) is 10.8 Å². The Morgan fingerprint density at radius 2 is 1.90 bits per heavy atom. The van der Waals surface area contributed by atoms with Crippen LogP contribution in [0.4, 0.5) is 11.5 Å². The lowest BCUT2D eigenvalue weighted by Crippen LogP contribution is -2.15. The SMILES string of the molecule is CCCNc1ccc(Cl)c(C(=O)Nc2ccc(C)cc2)n1. The number of aryl methyl sites for hydroxylation is 1. The van der Waals surface area contributed by atoms with E-state index in [1.165, 1.54) is 0 Å². The van der Waals surface area contributed by atoms with Gasteiger partial charge in [0.1, 0.15) is 11.5 Å². The van der Waals surface area contributed by atoms with Crippen molar-refractivity contribution in [1.82, 2.24) is 4.98 Å². The van der Waals surface area contributed by atoms with E-state index in [0.717, 1.165) is 24.2 Å². The molecule has 2 aromatic rings. The van der Waals surface area contributed by atoms with Crippen LogP contribution in [0.25, 0.3) is 0 Å². The van der Waals surface area contributed by atoms with Gasteiger partial charge in [-0.25, -0.2) is 4.98 Å².